The summed E-state index contributed by atoms with van der Waals surface area (Å²) in [7, 11) is 0. The van der Waals surface area contributed by atoms with E-state index in [9.17, 15) is 9.59 Å². The Bertz CT molecular complexity index is 406. The number of hydrogen-bond acceptors (Lipinski definition) is 4. The average molecular weight is 323 g/mol. The lowest BCUT2D eigenvalue weighted by Crippen LogP contribution is -2.32. The molecule has 0 heterocycles. The van der Waals surface area contributed by atoms with Crippen molar-refractivity contribution in [3.05, 3.63) is 6.92 Å². The van der Waals surface area contributed by atoms with Gasteiger partial charge in [0.05, 0.1) is 11.3 Å². The Morgan fingerprint density at radius 3 is 2.30 bits per heavy atom. The van der Waals surface area contributed by atoms with Gasteiger partial charge in [0.2, 0.25) is 0 Å². The van der Waals surface area contributed by atoms with E-state index in [2.05, 4.69) is 6.92 Å². The van der Waals surface area contributed by atoms with Gasteiger partial charge >= 0.3 is 11.9 Å². The SMILES string of the molecule is [CH2]CC(CC(C)OC(=O)C1(C)CCCC1)OC(=O)C1CCCC1. The van der Waals surface area contributed by atoms with E-state index in [1.807, 2.05) is 13.8 Å². The lowest BCUT2D eigenvalue weighted by molar-refractivity contribution is -0.163. The molecule has 0 saturated heterocycles. The first-order valence-electron chi connectivity index (χ1n) is 9.15. The van der Waals surface area contributed by atoms with Crippen LogP contribution in [0.1, 0.15) is 78.1 Å². The van der Waals surface area contributed by atoms with Crippen molar-refractivity contribution < 1.29 is 19.1 Å². The number of esters is 2. The molecule has 1 radical (unpaired) electrons. The van der Waals surface area contributed by atoms with Gasteiger partial charge in [-0.2, -0.15) is 0 Å². The second kappa shape index (κ2) is 8.16. The first kappa shape index (κ1) is 18.3. The van der Waals surface area contributed by atoms with Crippen LogP contribution in [0.15, 0.2) is 0 Å². The van der Waals surface area contributed by atoms with E-state index >= 15 is 0 Å². The summed E-state index contributed by atoms with van der Waals surface area (Å²) in [5, 5.41) is 0. The fourth-order valence-corrected chi connectivity index (χ4v) is 3.75. The second-order valence-electron chi connectivity index (χ2n) is 7.55. The van der Waals surface area contributed by atoms with E-state index in [1.54, 1.807) is 0 Å². The zero-order chi connectivity index (χ0) is 16.9. The monoisotopic (exact) mass is 323 g/mol. The molecule has 2 rings (SSSR count). The van der Waals surface area contributed by atoms with Gasteiger partial charge in [0, 0.05) is 6.42 Å². The normalized spacial score (nSPS) is 23.4. The molecular formula is C19H31O4. The van der Waals surface area contributed by atoms with Crippen LogP contribution in [0.5, 0.6) is 0 Å². The van der Waals surface area contributed by atoms with Crippen molar-refractivity contribution in [2.75, 3.05) is 0 Å². The van der Waals surface area contributed by atoms with Crippen LogP contribution in [-0.4, -0.2) is 24.1 Å². The Kier molecular flexibility index (Phi) is 6.49. The highest BCUT2D eigenvalue weighted by Crippen LogP contribution is 2.39. The molecule has 4 heteroatoms. The summed E-state index contributed by atoms with van der Waals surface area (Å²) in [5.41, 5.74) is -0.325. The van der Waals surface area contributed by atoms with Gasteiger partial charge in [0.1, 0.15) is 12.2 Å². The average Bonchev–Trinajstić information content (AvgIpc) is 3.18. The van der Waals surface area contributed by atoms with E-state index in [4.69, 9.17) is 9.47 Å². The Morgan fingerprint density at radius 2 is 1.74 bits per heavy atom. The molecule has 2 unspecified atom stereocenters. The highest BCUT2D eigenvalue weighted by molar-refractivity contribution is 5.76. The maximum absolute atomic E-state index is 12.3. The largest absolute Gasteiger partial charge is 0.462 e. The minimum absolute atomic E-state index is 0.0549. The zero-order valence-corrected chi connectivity index (χ0v) is 14.6. The van der Waals surface area contributed by atoms with Crippen molar-refractivity contribution in [2.45, 2.75) is 90.3 Å². The molecule has 0 aliphatic heterocycles. The molecule has 0 aromatic rings. The minimum Gasteiger partial charge on any atom is -0.462 e. The molecule has 2 saturated carbocycles. The van der Waals surface area contributed by atoms with E-state index in [1.165, 1.54) is 0 Å². The Morgan fingerprint density at radius 1 is 1.13 bits per heavy atom. The maximum atomic E-state index is 12.3. The van der Waals surface area contributed by atoms with E-state index in [-0.39, 0.29) is 35.5 Å². The molecule has 0 bridgehead atoms. The molecule has 131 valence electrons. The first-order chi connectivity index (χ1) is 10.9. The molecule has 2 fully saturated rings. The predicted octanol–water partition coefficient (Wildman–Crippen LogP) is 4.21. The van der Waals surface area contributed by atoms with Gasteiger partial charge in [-0.05, 0) is 52.9 Å². The molecule has 4 nitrogen and oxygen atoms in total. The van der Waals surface area contributed by atoms with Crippen LogP contribution >= 0.6 is 0 Å². The highest BCUT2D eigenvalue weighted by atomic mass is 16.6. The number of carbonyl (C=O) groups excluding carboxylic acids is 2. The predicted molar refractivity (Wildman–Crippen MR) is 88.6 cm³/mol. The Labute approximate surface area is 140 Å². The molecule has 2 aliphatic rings. The van der Waals surface area contributed by atoms with Gasteiger partial charge in [-0.15, -0.1) is 0 Å². The standard InChI is InChI=1S/C19H31O4/c1-4-16(23-17(20)15-9-5-6-10-15)13-14(2)22-18(21)19(3)11-7-8-12-19/h14-16H,1,4-13H2,2-3H3. The molecule has 0 aromatic heterocycles. The Balaban J connectivity index is 1.78. The van der Waals surface area contributed by atoms with Gasteiger partial charge in [-0.25, -0.2) is 0 Å². The smallest absolute Gasteiger partial charge is 0.312 e. The molecule has 2 atom stereocenters. The molecule has 0 N–H and O–H groups in total. The fourth-order valence-electron chi connectivity index (χ4n) is 3.75. The second-order valence-corrected chi connectivity index (χ2v) is 7.55. The zero-order valence-electron chi connectivity index (χ0n) is 14.6. The highest BCUT2D eigenvalue weighted by Gasteiger charge is 2.38. The van der Waals surface area contributed by atoms with Crippen LogP contribution in [0.3, 0.4) is 0 Å². The fraction of sp³-hybridized carbons (Fsp3) is 0.842. The van der Waals surface area contributed by atoms with Crippen LogP contribution < -0.4 is 0 Å². The lowest BCUT2D eigenvalue weighted by Gasteiger charge is -2.26. The lowest BCUT2D eigenvalue weighted by atomic mass is 9.89. The van der Waals surface area contributed by atoms with Crippen molar-refractivity contribution in [2.24, 2.45) is 11.3 Å². The van der Waals surface area contributed by atoms with Crippen LogP contribution in [-0.2, 0) is 19.1 Å². The van der Waals surface area contributed by atoms with Gasteiger partial charge in [-0.3, -0.25) is 9.59 Å². The summed E-state index contributed by atoms with van der Waals surface area (Å²) in [6.07, 6.45) is 8.65. The molecule has 0 amide bonds. The molecular weight excluding hydrogens is 292 g/mol. The summed E-state index contributed by atoms with van der Waals surface area (Å²) in [6.45, 7) is 7.74. The molecule has 2 aliphatic carbocycles. The number of carbonyl (C=O) groups is 2. The van der Waals surface area contributed by atoms with Crippen LogP contribution in [0.2, 0.25) is 0 Å². The van der Waals surface area contributed by atoms with Crippen molar-refractivity contribution in [1.29, 1.82) is 0 Å². The van der Waals surface area contributed by atoms with Crippen LogP contribution in [0, 0.1) is 18.3 Å². The molecule has 0 aromatic carbocycles. The quantitative estimate of drug-likeness (QED) is 0.658. The van der Waals surface area contributed by atoms with Crippen molar-refractivity contribution in [1.82, 2.24) is 0 Å². The number of ether oxygens (including phenoxy) is 2. The first-order valence-corrected chi connectivity index (χ1v) is 9.15. The van der Waals surface area contributed by atoms with Crippen molar-refractivity contribution >= 4 is 11.9 Å². The summed E-state index contributed by atoms with van der Waals surface area (Å²) in [4.78, 5) is 24.5. The van der Waals surface area contributed by atoms with Gasteiger partial charge in [-0.1, -0.05) is 25.7 Å². The van der Waals surface area contributed by atoms with E-state index in [0.29, 0.717) is 12.8 Å². The number of rotatable bonds is 7. The van der Waals surface area contributed by atoms with Gasteiger partial charge < -0.3 is 9.47 Å². The molecule has 0 spiro atoms. The van der Waals surface area contributed by atoms with Crippen molar-refractivity contribution in [3.63, 3.8) is 0 Å². The summed E-state index contributed by atoms with van der Waals surface area (Å²) in [6, 6.07) is 0. The third-order valence-electron chi connectivity index (χ3n) is 5.40. The maximum Gasteiger partial charge on any atom is 0.312 e. The third-order valence-corrected chi connectivity index (χ3v) is 5.40. The summed E-state index contributed by atoms with van der Waals surface area (Å²) >= 11 is 0. The topological polar surface area (TPSA) is 52.6 Å². The van der Waals surface area contributed by atoms with Crippen molar-refractivity contribution in [3.8, 4) is 0 Å². The summed E-state index contributed by atoms with van der Waals surface area (Å²) in [5.74, 6) is -0.149. The van der Waals surface area contributed by atoms with E-state index < -0.39 is 0 Å². The number of hydrogen-bond donors (Lipinski definition) is 0. The Hall–Kier alpha value is -1.06. The molecule has 23 heavy (non-hydrogen) atoms. The third kappa shape index (κ3) is 4.95. The minimum atomic E-state index is -0.325. The van der Waals surface area contributed by atoms with Crippen LogP contribution in [0.4, 0.5) is 0 Å². The van der Waals surface area contributed by atoms with Gasteiger partial charge in [0.15, 0.2) is 0 Å². The van der Waals surface area contributed by atoms with Crippen LogP contribution in [0.25, 0.3) is 0 Å². The summed E-state index contributed by atoms with van der Waals surface area (Å²) < 4.78 is 11.2. The van der Waals surface area contributed by atoms with E-state index in [0.717, 1.165) is 51.4 Å². The van der Waals surface area contributed by atoms with Gasteiger partial charge in [0.25, 0.3) is 0 Å².